The molecule has 18 heavy (non-hydrogen) atoms. The maximum absolute atomic E-state index is 11.7. The summed E-state index contributed by atoms with van der Waals surface area (Å²) in [7, 11) is 0. The Morgan fingerprint density at radius 3 is 3.00 bits per heavy atom. The first-order valence-corrected chi connectivity index (χ1v) is 6.40. The summed E-state index contributed by atoms with van der Waals surface area (Å²) in [5, 5.41) is 16.0. The second-order valence-electron chi connectivity index (χ2n) is 4.24. The normalized spacial score (nSPS) is 10.8. The Morgan fingerprint density at radius 1 is 1.50 bits per heavy atom. The number of hydrogen-bond acceptors (Lipinski definition) is 6. The van der Waals surface area contributed by atoms with E-state index in [1.807, 2.05) is 0 Å². The van der Waals surface area contributed by atoms with E-state index in [1.54, 1.807) is 0 Å². The molecule has 0 aliphatic carbocycles. The Kier molecular flexibility index (Phi) is 3.98. The van der Waals surface area contributed by atoms with Crippen LogP contribution in [0.3, 0.4) is 0 Å². The highest BCUT2D eigenvalue weighted by Crippen LogP contribution is 2.18. The minimum absolute atomic E-state index is 0.124. The van der Waals surface area contributed by atoms with Crippen molar-refractivity contribution in [1.82, 2.24) is 25.0 Å². The van der Waals surface area contributed by atoms with Crippen molar-refractivity contribution < 1.29 is 4.79 Å². The molecule has 0 atom stereocenters. The van der Waals surface area contributed by atoms with Gasteiger partial charge in [-0.1, -0.05) is 25.2 Å². The minimum Gasteiger partial charge on any atom is -0.299 e. The van der Waals surface area contributed by atoms with Gasteiger partial charge in [-0.3, -0.25) is 10.1 Å². The van der Waals surface area contributed by atoms with E-state index >= 15 is 0 Å². The molecule has 2 aromatic heterocycles. The molecule has 0 aliphatic heterocycles. The van der Waals surface area contributed by atoms with Gasteiger partial charge in [0.05, 0.1) is 0 Å². The highest BCUT2D eigenvalue weighted by molar-refractivity contribution is 7.15. The van der Waals surface area contributed by atoms with Crippen LogP contribution in [0.2, 0.25) is 0 Å². The monoisotopic (exact) mass is 266 g/mol. The third-order valence-corrected chi connectivity index (χ3v) is 2.93. The molecule has 0 aromatic carbocycles. The lowest BCUT2D eigenvalue weighted by molar-refractivity contribution is -0.116. The van der Waals surface area contributed by atoms with E-state index in [1.165, 1.54) is 28.7 Å². The van der Waals surface area contributed by atoms with E-state index in [-0.39, 0.29) is 12.5 Å². The van der Waals surface area contributed by atoms with E-state index in [4.69, 9.17) is 0 Å². The number of aromatic nitrogens is 5. The van der Waals surface area contributed by atoms with Gasteiger partial charge in [-0.05, 0) is 5.92 Å². The molecule has 0 fully saturated rings. The molecule has 2 rings (SSSR count). The van der Waals surface area contributed by atoms with E-state index in [2.05, 4.69) is 39.4 Å². The molecule has 8 heteroatoms. The van der Waals surface area contributed by atoms with Crippen molar-refractivity contribution >= 4 is 22.4 Å². The smallest absolute Gasteiger partial charge is 0.247 e. The molecule has 96 valence electrons. The fourth-order valence-corrected chi connectivity index (χ4v) is 2.32. The predicted molar refractivity (Wildman–Crippen MR) is 67.1 cm³/mol. The average molecular weight is 266 g/mol. The van der Waals surface area contributed by atoms with Gasteiger partial charge in [-0.15, -0.1) is 10.2 Å². The number of carbonyl (C=O) groups excluding carboxylic acids is 1. The molecule has 0 spiro atoms. The van der Waals surface area contributed by atoms with Crippen LogP contribution in [-0.2, 0) is 17.8 Å². The number of carbonyl (C=O) groups is 1. The van der Waals surface area contributed by atoms with Gasteiger partial charge in [0.25, 0.3) is 0 Å². The number of nitrogens with zero attached hydrogens (tertiary/aromatic N) is 5. The van der Waals surface area contributed by atoms with Gasteiger partial charge in [0.2, 0.25) is 11.0 Å². The average Bonchev–Trinajstić information content (AvgIpc) is 2.89. The Hall–Kier alpha value is -1.83. The van der Waals surface area contributed by atoms with E-state index < -0.39 is 0 Å². The molecule has 0 radical (unpaired) electrons. The summed E-state index contributed by atoms with van der Waals surface area (Å²) < 4.78 is 1.45. The third-order valence-electron chi connectivity index (χ3n) is 2.07. The van der Waals surface area contributed by atoms with Crippen molar-refractivity contribution in [2.75, 3.05) is 5.32 Å². The standard InChI is InChI=1S/C10H14N6OS/c1-7(2)3-9-14-15-10(18-9)13-8(17)4-16-6-11-5-12-16/h5-7H,3-4H2,1-2H3,(H,13,15,17). The molecular weight excluding hydrogens is 252 g/mol. The molecule has 2 heterocycles. The lowest BCUT2D eigenvalue weighted by Crippen LogP contribution is -2.18. The van der Waals surface area contributed by atoms with Gasteiger partial charge in [-0.2, -0.15) is 5.10 Å². The number of nitrogens with one attached hydrogen (secondary N) is 1. The van der Waals surface area contributed by atoms with Crippen LogP contribution in [0.1, 0.15) is 18.9 Å². The summed E-state index contributed by atoms with van der Waals surface area (Å²) in [4.78, 5) is 15.4. The Morgan fingerprint density at radius 2 is 2.33 bits per heavy atom. The van der Waals surface area contributed by atoms with Crippen molar-refractivity contribution in [3.63, 3.8) is 0 Å². The van der Waals surface area contributed by atoms with Crippen LogP contribution in [0.5, 0.6) is 0 Å². The van der Waals surface area contributed by atoms with Crippen LogP contribution in [0, 0.1) is 5.92 Å². The second-order valence-corrected chi connectivity index (χ2v) is 5.30. The molecule has 0 saturated carbocycles. The number of anilines is 1. The molecule has 1 N–H and O–H groups in total. The second kappa shape index (κ2) is 5.67. The molecule has 0 aliphatic rings. The zero-order valence-electron chi connectivity index (χ0n) is 10.2. The lowest BCUT2D eigenvalue weighted by atomic mass is 10.1. The van der Waals surface area contributed by atoms with Crippen molar-refractivity contribution in [3.8, 4) is 0 Å². The van der Waals surface area contributed by atoms with Crippen LogP contribution < -0.4 is 5.32 Å². The first kappa shape index (κ1) is 12.6. The van der Waals surface area contributed by atoms with Crippen molar-refractivity contribution in [2.45, 2.75) is 26.8 Å². The van der Waals surface area contributed by atoms with Gasteiger partial charge in [0, 0.05) is 6.42 Å². The van der Waals surface area contributed by atoms with Crippen LogP contribution >= 0.6 is 11.3 Å². The summed E-state index contributed by atoms with van der Waals surface area (Å²) in [6, 6.07) is 0. The lowest BCUT2D eigenvalue weighted by Gasteiger charge is -2.00. The number of amides is 1. The SMILES string of the molecule is CC(C)Cc1nnc(NC(=O)Cn2cncn2)s1. The van der Waals surface area contributed by atoms with Crippen LogP contribution in [-0.4, -0.2) is 30.9 Å². The zero-order chi connectivity index (χ0) is 13.0. The maximum Gasteiger partial charge on any atom is 0.247 e. The highest BCUT2D eigenvalue weighted by Gasteiger charge is 2.09. The molecule has 7 nitrogen and oxygen atoms in total. The zero-order valence-corrected chi connectivity index (χ0v) is 11.0. The van der Waals surface area contributed by atoms with Gasteiger partial charge in [0.1, 0.15) is 24.2 Å². The first-order chi connectivity index (χ1) is 8.63. The van der Waals surface area contributed by atoms with Crippen molar-refractivity contribution in [1.29, 1.82) is 0 Å². The fraction of sp³-hybridized carbons (Fsp3) is 0.500. The summed E-state index contributed by atoms with van der Waals surface area (Å²) in [6.07, 6.45) is 3.75. The van der Waals surface area contributed by atoms with Gasteiger partial charge in [0.15, 0.2) is 0 Å². The third kappa shape index (κ3) is 3.59. The maximum atomic E-state index is 11.7. The Labute approximate surface area is 108 Å². The van der Waals surface area contributed by atoms with Crippen molar-refractivity contribution in [3.05, 3.63) is 17.7 Å². The highest BCUT2D eigenvalue weighted by atomic mass is 32.1. The minimum atomic E-state index is -0.187. The van der Waals surface area contributed by atoms with E-state index in [0.29, 0.717) is 11.0 Å². The van der Waals surface area contributed by atoms with Gasteiger partial charge in [-0.25, -0.2) is 9.67 Å². The topological polar surface area (TPSA) is 85.6 Å². The van der Waals surface area contributed by atoms with Crippen LogP contribution in [0.15, 0.2) is 12.7 Å². The fourth-order valence-electron chi connectivity index (χ4n) is 1.36. The summed E-state index contributed by atoms with van der Waals surface area (Å²) >= 11 is 1.40. The summed E-state index contributed by atoms with van der Waals surface area (Å²) in [5.74, 6) is 0.337. The summed E-state index contributed by atoms with van der Waals surface area (Å²) in [5.41, 5.74) is 0. The van der Waals surface area contributed by atoms with E-state index in [0.717, 1.165) is 11.4 Å². The van der Waals surface area contributed by atoms with Gasteiger partial charge >= 0.3 is 0 Å². The van der Waals surface area contributed by atoms with Gasteiger partial charge < -0.3 is 0 Å². The summed E-state index contributed by atoms with van der Waals surface area (Å²) in [6.45, 7) is 4.35. The number of hydrogen-bond donors (Lipinski definition) is 1. The van der Waals surface area contributed by atoms with Crippen molar-refractivity contribution in [2.24, 2.45) is 5.92 Å². The first-order valence-electron chi connectivity index (χ1n) is 5.58. The van der Waals surface area contributed by atoms with Crippen LogP contribution in [0.25, 0.3) is 0 Å². The molecular formula is C10H14N6OS. The molecule has 0 saturated heterocycles. The molecule has 0 bridgehead atoms. The number of rotatable bonds is 5. The quantitative estimate of drug-likeness (QED) is 0.871. The molecule has 2 aromatic rings. The molecule has 1 amide bonds. The Balaban J connectivity index is 1.89. The molecule has 0 unspecified atom stereocenters. The Bertz CT molecular complexity index is 506. The predicted octanol–water partition coefficient (Wildman–Crippen LogP) is 0.967. The van der Waals surface area contributed by atoms with Crippen LogP contribution in [0.4, 0.5) is 5.13 Å². The largest absolute Gasteiger partial charge is 0.299 e. The van der Waals surface area contributed by atoms with E-state index in [9.17, 15) is 4.79 Å².